The number of carbonyl (C=O) groups excluding carboxylic acids is 2. The van der Waals surface area contributed by atoms with Crippen LogP contribution in [0.5, 0.6) is 0 Å². The number of fused-ring (bicyclic) bond motifs is 1. The molecule has 15 heteroatoms. The van der Waals surface area contributed by atoms with Gasteiger partial charge in [0.1, 0.15) is 17.3 Å². The monoisotopic (exact) mass is 625 g/mol. The van der Waals surface area contributed by atoms with E-state index in [-0.39, 0.29) is 6.61 Å². The molecule has 40 heavy (non-hydrogen) atoms. The first-order valence-corrected chi connectivity index (χ1v) is 14.6. The Bertz CT molecular complexity index is 1430. The zero-order valence-electron chi connectivity index (χ0n) is 21.9. The zero-order valence-corrected chi connectivity index (χ0v) is 25.0. The molecular weight excluding hydrogens is 601 g/mol. The summed E-state index contributed by atoms with van der Waals surface area (Å²) in [5.74, 6) is 6.63. The Balaban J connectivity index is 1.48. The Morgan fingerprint density at radius 1 is 1.18 bits per heavy atom. The van der Waals surface area contributed by atoms with Gasteiger partial charge in [0.05, 0.1) is 27.6 Å². The summed E-state index contributed by atoms with van der Waals surface area (Å²) in [5, 5.41) is 5.09. The standard InChI is InChI=1S/C25H26Cl3N7O4S/c1-4-5-15-12-29-19(30-13-15)16-6-9-35(10-7-16)22-31-17-8-11-40(38)18(17)20(32-22)34-24(2,3)14-39-23(37)33-21(36)25(26,27)28/h6,12-13H,7-11,14H2,1-3H3,(H,31,32,34)(H,33,36,37). The molecule has 11 nitrogen and oxygen atoms in total. The SMILES string of the molecule is CC#Cc1cnc(C2=CCN(c3nc4c(c(NC(C)(C)COC(=O)NC(=O)C(Cl)(Cl)Cl)n3)S(=O)CC4)CC2)nc1. The van der Waals surface area contributed by atoms with E-state index in [0.29, 0.717) is 59.9 Å². The molecule has 0 saturated carbocycles. The average Bonchev–Trinajstić information content (AvgIpc) is 3.28. The number of aryl methyl sites for hydroxylation is 1. The molecule has 0 aromatic carbocycles. The Morgan fingerprint density at radius 3 is 2.52 bits per heavy atom. The van der Waals surface area contributed by atoms with Crippen molar-refractivity contribution < 1.29 is 18.5 Å². The summed E-state index contributed by atoms with van der Waals surface area (Å²) in [7, 11) is -1.27. The zero-order chi connectivity index (χ0) is 29.1. The van der Waals surface area contributed by atoms with Gasteiger partial charge in [-0.3, -0.25) is 14.3 Å². The van der Waals surface area contributed by atoms with Gasteiger partial charge in [-0.1, -0.05) is 46.8 Å². The number of nitrogens with one attached hydrogen (secondary N) is 2. The van der Waals surface area contributed by atoms with Gasteiger partial charge in [-0.2, -0.15) is 4.98 Å². The summed E-state index contributed by atoms with van der Waals surface area (Å²) < 4.78 is 15.6. The lowest BCUT2D eigenvalue weighted by atomic mass is 10.1. The van der Waals surface area contributed by atoms with Gasteiger partial charge in [0, 0.05) is 37.7 Å². The lowest BCUT2D eigenvalue weighted by molar-refractivity contribution is -0.119. The summed E-state index contributed by atoms with van der Waals surface area (Å²) in [6, 6.07) is 0. The maximum absolute atomic E-state index is 12.8. The summed E-state index contributed by atoms with van der Waals surface area (Å²) in [5.41, 5.74) is 1.63. The first-order chi connectivity index (χ1) is 18.9. The number of nitrogens with zero attached hydrogens (tertiary/aromatic N) is 5. The third-order valence-corrected chi connectivity index (χ3v) is 7.84. The molecule has 4 rings (SSSR count). The van der Waals surface area contributed by atoms with Crippen LogP contribution in [0.15, 0.2) is 23.4 Å². The number of alkyl carbamates (subject to hydrolysis) is 1. The van der Waals surface area contributed by atoms with Gasteiger partial charge < -0.3 is 15.0 Å². The Morgan fingerprint density at radius 2 is 1.90 bits per heavy atom. The minimum Gasteiger partial charge on any atom is -0.447 e. The molecule has 0 fully saturated rings. The highest BCUT2D eigenvalue weighted by atomic mass is 35.6. The van der Waals surface area contributed by atoms with Crippen LogP contribution in [0.25, 0.3) is 5.57 Å². The Kier molecular flexibility index (Phi) is 9.19. The predicted octanol–water partition coefficient (Wildman–Crippen LogP) is 3.41. The number of hydrogen-bond acceptors (Lipinski definition) is 10. The number of anilines is 2. The van der Waals surface area contributed by atoms with E-state index in [4.69, 9.17) is 49.5 Å². The van der Waals surface area contributed by atoms with Gasteiger partial charge in [-0.15, -0.1) is 5.92 Å². The van der Waals surface area contributed by atoms with Crippen LogP contribution in [0.3, 0.4) is 0 Å². The van der Waals surface area contributed by atoms with Crippen LogP contribution in [0.4, 0.5) is 16.6 Å². The molecule has 0 bridgehead atoms. The van der Waals surface area contributed by atoms with Gasteiger partial charge in [0.2, 0.25) is 5.95 Å². The van der Waals surface area contributed by atoms with Crippen LogP contribution in [0.1, 0.15) is 44.3 Å². The lowest BCUT2D eigenvalue weighted by Crippen LogP contribution is -2.43. The topological polar surface area (TPSA) is 139 Å². The molecular formula is C25H26Cl3N7O4S. The highest BCUT2D eigenvalue weighted by molar-refractivity contribution is 7.85. The van der Waals surface area contributed by atoms with Crippen molar-refractivity contribution in [1.29, 1.82) is 0 Å². The van der Waals surface area contributed by atoms with Crippen molar-refractivity contribution >= 4 is 74.9 Å². The molecule has 2 aliphatic rings. The van der Waals surface area contributed by atoms with E-state index in [1.54, 1.807) is 33.2 Å². The van der Waals surface area contributed by atoms with Crippen LogP contribution in [-0.4, -0.2) is 70.9 Å². The van der Waals surface area contributed by atoms with E-state index in [0.717, 1.165) is 11.1 Å². The minimum absolute atomic E-state index is 0.175. The third-order valence-electron chi connectivity index (χ3n) is 5.87. The second-order valence-electron chi connectivity index (χ2n) is 9.58. The van der Waals surface area contributed by atoms with Crippen LogP contribution in [0.2, 0.25) is 0 Å². The highest BCUT2D eigenvalue weighted by Crippen LogP contribution is 2.33. The summed E-state index contributed by atoms with van der Waals surface area (Å²) in [6.07, 6.45) is 5.63. The number of amides is 2. The van der Waals surface area contributed by atoms with E-state index < -0.39 is 32.1 Å². The van der Waals surface area contributed by atoms with Crippen molar-refractivity contribution in [2.45, 2.75) is 47.8 Å². The largest absolute Gasteiger partial charge is 0.447 e. The van der Waals surface area contributed by atoms with Crippen LogP contribution in [0, 0.1) is 11.8 Å². The Labute approximate surface area is 248 Å². The second kappa shape index (κ2) is 12.3. The summed E-state index contributed by atoms with van der Waals surface area (Å²) in [6.45, 7) is 6.29. The Hall–Kier alpha value is -2.98. The van der Waals surface area contributed by atoms with Crippen LogP contribution >= 0.6 is 34.8 Å². The molecule has 0 saturated heterocycles. The van der Waals surface area contributed by atoms with Crippen molar-refractivity contribution in [3.05, 3.63) is 35.6 Å². The van der Waals surface area contributed by atoms with Gasteiger partial charge >= 0.3 is 6.09 Å². The summed E-state index contributed by atoms with van der Waals surface area (Å²) in [4.78, 5) is 44.5. The van der Waals surface area contributed by atoms with E-state index in [1.165, 1.54) is 0 Å². The molecule has 0 spiro atoms. The smallest absolute Gasteiger partial charge is 0.414 e. The molecule has 1 atom stereocenters. The summed E-state index contributed by atoms with van der Waals surface area (Å²) >= 11 is 16.4. The number of halogens is 3. The second-order valence-corrected chi connectivity index (χ2v) is 13.4. The van der Waals surface area contributed by atoms with Crippen molar-refractivity contribution in [2.75, 3.05) is 35.7 Å². The maximum Gasteiger partial charge on any atom is 0.414 e. The molecule has 2 amide bonds. The number of imide groups is 1. The molecule has 4 heterocycles. The highest BCUT2D eigenvalue weighted by Gasteiger charge is 2.34. The minimum atomic E-state index is -2.30. The molecule has 1 unspecified atom stereocenters. The van der Waals surface area contributed by atoms with Crippen molar-refractivity contribution in [3.63, 3.8) is 0 Å². The average molecular weight is 627 g/mol. The van der Waals surface area contributed by atoms with Gasteiger partial charge in [0.25, 0.3) is 9.70 Å². The van der Waals surface area contributed by atoms with Gasteiger partial charge in [-0.05, 0) is 32.8 Å². The number of carbonyl (C=O) groups is 2. The lowest BCUT2D eigenvalue weighted by Gasteiger charge is -2.30. The molecule has 2 aliphatic heterocycles. The molecule has 212 valence electrons. The van der Waals surface area contributed by atoms with Gasteiger partial charge in [-0.25, -0.2) is 19.7 Å². The van der Waals surface area contributed by atoms with Crippen LogP contribution in [-0.2, 0) is 26.8 Å². The molecule has 2 N–H and O–H groups in total. The van der Waals surface area contributed by atoms with Gasteiger partial charge in [0.15, 0.2) is 5.82 Å². The van der Waals surface area contributed by atoms with E-state index in [1.807, 2.05) is 16.3 Å². The third kappa shape index (κ3) is 7.40. The fraction of sp³-hybridized carbons (Fsp3) is 0.440. The first-order valence-electron chi connectivity index (χ1n) is 12.2. The van der Waals surface area contributed by atoms with E-state index in [2.05, 4.69) is 27.1 Å². The first kappa shape index (κ1) is 30.0. The van der Waals surface area contributed by atoms with Crippen LogP contribution < -0.4 is 15.5 Å². The number of aromatic nitrogens is 4. The maximum atomic E-state index is 12.8. The predicted molar refractivity (Wildman–Crippen MR) is 154 cm³/mol. The van der Waals surface area contributed by atoms with E-state index >= 15 is 0 Å². The van der Waals surface area contributed by atoms with Crippen molar-refractivity contribution in [2.24, 2.45) is 0 Å². The van der Waals surface area contributed by atoms with E-state index in [9.17, 15) is 13.8 Å². The molecule has 0 radical (unpaired) electrons. The van der Waals surface area contributed by atoms with Crippen molar-refractivity contribution in [1.82, 2.24) is 25.3 Å². The fourth-order valence-electron chi connectivity index (χ4n) is 3.97. The molecule has 0 aliphatic carbocycles. The molecule has 2 aromatic rings. The number of hydrogen-bond donors (Lipinski definition) is 2. The number of ether oxygens (including phenoxy) is 1. The van der Waals surface area contributed by atoms with Crippen molar-refractivity contribution in [3.8, 4) is 11.8 Å². The molecule has 2 aromatic heterocycles. The quantitative estimate of drug-likeness (QED) is 0.362. The number of rotatable bonds is 6. The normalized spacial score (nSPS) is 16.8. The number of alkyl halides is 3. The fourth-order valence-corrected chi connectivity index (χ4v) is 5.42.